The van der Waals surface area contributed by atoms with Gasteiger partial charge < -0.3 is 5.32 Å². The summed E-state index contributed by atoms with van der Waals surface area (Å²) < 4.78 is 25.3. The number of rotatable bonds is 6. The predicted octanol–water partition coefficient (Wildman–Crippen LogP) is 4.51. The van der Waals surface area contributed by atoms with Crippen LogP contribution in [-0.4, -0.2) is 20.9 Å². The Hall–Kier alpha value is -2.92. The lowest BCUT2D eigenvalue weighted by molar-refractivity contribution is 0.0950. The van der Waals surface area contributed by atoms with E-state index in [9.17, 15) is 13.2 Å². The van der Waals surface area contributed by atoms with Crippen LogP contribution in [0.5, 0.6) is 0 Å². The van der Waals surface area contributed by atoms with E-state index in [1.807, 2.05) is 0 Å². The Kier molecular flexibility index (Phi) is 6.00. The molecule has 0 radical (unpaired) electrons. The highest BCUT2D eigenvalue weighted by Gasteiger charge is 2.21. The molecule has 154 valence electrons. The molecular weight excluding hydrogens is 394 g/mol. The van der Waals surface area contributed by atoms with Crippen LogP contribution in [0.4, 0.5) is 0 Å². The largest absolute Gasteiger partial charge is 0.351 e. The molecule has 0 saturated heterocycles. The highest BCUT2D eigenvalue weighted by molar-refractivity contribution is 7.90. The van der Waals surface area contributed by atoms with Gasteiger partial charge in [-0.2, -0.15) is 0 Å². The number of amides is 1. The third-order valence-electron chi connectivity index (χ3n) is 5.65. The van der Waals surface area contributed by atoms with E-state index in [0.29, 0.717) is 23.6 Å². The molecule has 1 aliphatic carbocycles. The van der Waals surface area contributed by atoms with Crippen LogP contribution in [0.2, 0.25) is 0 Å². The quantitative estimate of drug-likeness (QED) is 0.639. The number of aryl methyl sites for hydroxylation is 1. The molecule has 3 aromatic rings. The lowest BCUT2D eigenvalue weighted by atomic mass is 9.83. The maximum absolute atomic E-state index is 12.7. The Morgan fingerprint density at radius 3 is 2.53 bits per heavy atom. The minimum atomic E-state index is -3.45. The minimum absolute atomic E-state index is 0.131. The highest BCUT2D eigenvalue weighted by Crippen LogP contribution is 2.30. The van der Waals surface area contributed by atoms with Gasteiger partial charge in [-0.3, -0.25) is 4.79 Å². The second-order valence-corrected chi connectivity index (χ2v) is 9.76. The number of sulfone groups is 1. The molecule has 0 fully saturated rings. The SMILES string of the molecule is O=C(NC[C@@H]1CCCc2ccccc21)c1cccc(CS(=O)(=O)c2ccccc2)c1. The Morgan fingerprint density at radius 1 is 0.933 bits per heavy atom. The minimum Gasteiger partial charge on any atom is -0.351 e. The van der Waals surface area contributed by atoms with E-state index in [2.05, 4.69) is 29.6 Å². The van der Waals surface area contributed by atoms with Crippen molar-refractivity contribution in [3.63, 3.8) is 0 Å². The molecule has 1 amide bonds. The van der Waals surface area contributed by atoms with Gasteiger partial charge in [0.15, 0.2) is 9.84 Å². The van der Waals surface area contributed by atoms with Crippen molar-refractivity contribution >= 4 is 15.7 Å². The Morgan fingerprint density at radius 2 is 1.70 bits per heavy atom. The summed E-state index contributed by atoms with van der Waals surface area (Å²) >= 11 is 0. The van der Waals surface area contributed by atoms with E-state index < -0.39 is 9.84 Å². The van der Waals surface area contributed by atoms with E-state index in [4.69, 9.17) is 0 Å². The van der Waals surface area contributed by atoms with Crippen molar-refractivity contribution < 1.29 is 13.2 Å². The molecule has 30 heavy (non-hydrogen) atoms. The molecule has 5 heteroatoms. The standard InChI is InChI=1S/C25H25NO3S/c27-25(26-17-22-12-7-10-20-9-4-5-15-24(20)22)21-11-6-8-19(16-21)18-30(28,29)23-13-2-1-3-14-23/h1-6,8-9,11,13-16,22H,7,10,12,17-18H2,(H,26,27)/t22-/m0/s1. The third-order valence-corrected chi connectivity index (χ3v) is 7.35. The number of carbonyl (C=O) groups excluding carboxylic acids is 1. The molecule has 0 saturated carbocycles. The summed E-state index contributed by atoms with van der Waals surface area (Å²) in [4.78, 5) is 13.0. The Balaban J connectivity index is 1.44. The summed E-state index contributed by atoms with van der Waals surface area (Å²) in [6.07, 6.45) is 3.29. The van der Waals surface area contributed by atoms with Crippen LogP contribution in [0.15, 0.2) is 83.8 Å². The summed E-state index contributed by atoms with van der Waals surface area (Å²) in [5, 5.41) is 3.04. The van der Waals surface area contributed by atoms with Gasteiger partial charge >= 0.3 is 0 Å². The first kappa shape index (κ1) is 20.4. The van der Waals surface area contributed by atoms with Crippen molar-refractivity contribution in [2.24, 2.45) is 0 Å². The maximum Gasteiger partial charge on any atom is 0.251 e. The first-order chi connectivity index (χ1) is 14.5. The summed E-state index contributed by atoms with van der Waals surface area (Å²) in [6.45, 7) is 0.586. The Bertz CT molecular complexity index is 1140. The van der Waals surface area contributed by atoms with Crippen LogP contribution < -0.4 is 5.32 Å². The van der Waals surface area contributed by atoms with Crippen molar-refractivity contribution in [1.82, 2.24) is 5.32 Å². The van der Waals surface area contributed by atoms with E-state index in [1.165, 1.54) is 11.1 Å². The van der Waals surface area contributed by atoms with Gasteiger partial charge in [-0.15, -0.1) is 0 Å². The fraction of sp³-hybridized carbons (Fsp3) is 0.240. The molecule has 0 unspecified atom stereocenters. The second kappa shape index (κ2) is 8.84. The lowest BCUT2D eigenvalue weighted by Gasteiger charge is -2.25. The van der Waals surface area contributed by atoms with Gasteiger partial charge in [-0.1, -0.05) is 54.6 Å². The van der Waals surface area contributed by atoms with Crippen molar-refractivity contribution in [2.75, 3.05) is 6.54 Å². The molecule has 0 bridgehead atoms. The second-order valence-electron chi connectivity index (χ2n) is 7.77. The van der Waals surface area contributed by atoms with Gasteiger partial charge in [0.25, 0.3) is 5.91 Å². The summed E-state index contributed by atoms with van der Waals surface area (Å²) in [5.74, 6) is 0.0197. The van der Waals surface area contributed by atoms with Gasteiger partial charge in [-0.25, -0.2) is 8.42 Å². The van der Waals surface area contributed by atoms with Crippen LogP contribution in [0.1, 0.15) is 45.8 Å². The zero-order chi connectivity index (χ0) is 21.0. The molecule has 0 heterocycles. The molecule has 3 aromatic carbocycles. The number of carbonyl (C=O) groups is 1. The average molecular weight is 420 g/mol. The first-order valence-corrected chi connectivity index (χ1v) is 11.9. The van der Waals surface area contributed by atoms with Crippen molar-refractivity contribution in [3.8, 4) is 0 Å². The van der Waals surface area contributed by atoms with E-state index >= 15 is 0 Å². The topological polar surface area (TPSA) is 63.2 Å². The number of nitrogens with one attached hydrogen (secondary N) is 1. The number of fused-ring (bicyclic) bond motifs is 1. The predicted molar refractivity (Wildman–Crippen MR) is 118 cm³/mol. The van der Waals surface area contributed by atoms with Gasteiger partial charge in [0.05, 0.1) is 10.6 Å². The highest BCUT2D eigenvalue weighted by atomic mass is 32.2. The smallest absolute Gasteiger partial charge is 0.251 e. The fourth-order valence-electron chi connectivity index (χ4n) is 4.12. The number of benzene rings is 3. The van der Waals surface area contributed by atoms with Crippen LogP contribution in [0.25, 0.3) is 0 Å². The van der Waals surface area contributed by atoms with Crippen molar-refractivity contribution in [3.05, 3.63) is 101 Å². The third kappa shape index (κ3) is 4.62. The zero-order valence-corrected chi connectivity index (χ0v) is 17.6. The van der Waals surface area contributed by atoms with Gasteiger partial charge in [0.2, 0.25) is 0 Å². The lowest BCUT2D eigenvalue weighted by Crippen LogP contribution is -2.30. The summed E-state index contributed by atoms with van der Waals surface area (Å²) in [7, 11) is -3.45. The van der Waals surface area contributed by atoms with Crippen LogP contribution >= 0.6 is 0 Å². The molecule has 0 spiro atoms. The molecule has 1 aliphatic rings. The van der Waals surface area contributed by atoms with Crippen molar-refractivity contribution in [1.29, 1.82) is 0 Å². The van der Waals surface area contributed by atoms with E-state index in [0.717, 1.165) is 19.3 Å². The normalized spacial score (nSPS) is 15.9. The monoisotopic (exact) mass is 419 g/mol. The molecule has 0 aromatic heterocycles. The molecule has 0 aliphatic heterocycles. The van der Waals surface area contributed by atoms with Gasteiger partial charge in [0.1, 0.15) is 0 Å². The molecule has 4 nitrogen and oxygen atoms in total. The molecule has 4 rings (SSSR count). The summed E-state index contributed by atoms with van der Waals surface area (Å²) in [6, 6.07) is 23.7. The zero-order valence-electron chi connectivity index (χ0n) is 16.8. The van der Waals surface area contributed by atoms with Gasteiger partial charge in [-0.05, 0) is 60.2 Å². The van der Waals surface area contributed by atoms with Gasteiger partial charge in [0, 0.05) is 18.0 Å². The maximum atomic E-state index is 12.7. The number of hydrogen-bond donors (Lipinski definition) is 1. The molecule has 1 atom stereocenters. The van der Waals surface area contributed by atoms with E-state index in [1.54, 1.807) is 54.6 Å². The van der Waals surface area contributed by atoms with Crippen LogP contribution in [0, 0.1) is 0 Å². The Labute approximate surface area is 177 Å². The average Bonchev–Trinajstić information content (AvgIpc) is 2.78. The van der Waals surface area contributed by atoms with E-state index in [-0.39, 0.29) is 16.6 Å². The first-order valence-electron chi connectivity index (χ1n) is 10.3. The molecule has 1 N–H and O–H groups in total. The number of hydrogen-bond acceptors (Lipinski definition) is 3. The van der Waals surface area contributed by atoms with Crippen LogP contribution in [-0.2, 0) is 22.0 Å². The van der Waals surface area contributed by atoms with Crippen LogP contribution in [0.3, 0.4) is 0 Å². The van der Waals surface area contributed by atoms with Crippen molar-refractivity contribution in [2.45, 2.75) is 35.8 Å². The summed E-state index contributed by atoms with van der Waals surface area (Å²) in [5.41, 5.74) is 3.79. The molecular formula is C25H25NO3S. The fourth-order valence-corrected chi connectivity index (χ4v) is 5.47.